The van der Waals surface area contributed by atoms with Gasteiger partial charge in [-0.25, -0.2) is 4.98 Å². The molecule has 0 saturated carbocycles. The summed E-state index contributed by atoms with van der Waals surface area (Å²) < 4.78 is 2.08. The molecule has 0 spiro atoms. The fourth-order valence-electron chi connectivity index (χ4n) is 4.49. The van der Waals surface area contributed by atoms with E-state index in [9.17, 15) is 0 Å². The fourth-order valence-corrected chi connectivity index (χ4v) is 4.49. The highest BCUT2D eigenvalue weighted by Crippen LogP contribution is 2.24. The van der Waals surface area contributed by atoms with Crippen molar-refractivity contribution < 1.29 is 0 Å². The van der Waals surface area contributed by atoms with Crippen molar-refractivity contribution in [1.82, 2.24) is 25.1 Å². The third-order valence-electron chi connectivity index (χ3n) is 6.29. The second kappa shape index (κ2) is 11.0. The molecule has 0 amide bonds. The van der Waals surface area contributed by atoms with E-state index < -0.39 is 0 Å². The number of hydrogen-bond donors (Lipinski definition) is 2. The Balaban J connectivity index is 1.37. The standard InChI is InChI=1S/C26H34N6/c1-3-32-15-6-8-24(32)18-30-26(27-2)29-17-23-7-4-5-9-25(23)22-12-10-21(11-13-22)19-31-16-14-28-20-31/h4-5,7,9-14,16,20,24H,3,6,8,15,17-19H2,1-2H3,(H2,27,29,30). The Hall–Kier alpha value is -3.12. The molecule has 0 aliphatic carbocycles. The first kappa shape index (κ1) is 22.1. The predicted molar refractivity (Wildman–Crippen MR) is 132 cm³/mol. The molecule has 32 heavy (non-hydrogen) atoms. The molecule has 1 fully saturated rings. The highest BCUT2D eigenvalue weighted by Gasteiger charge is 2.22. The van der Waals surface area contributed by atoms with Gasteiger partial charge >= 0.3 is 0 Å². The number of rotatable bonds is 8. The van der Waals surface area contributed by atoms with Crippen LogP contribution in [0.5, 0.6) is 0 Å². The smallest absolute Gasteiger partial charge is 0.191 e. The van der Waals surface area contributed by atoms with E-state index in [1.807, 2.05) is 25.8 Å². The van der Waals surface area contributed by atoms with E-state index in [0.29, 0.717) is 6.04 Å². The molecule has 168 valence electrons. The zero-order valence-electron chi connectivity index (χ0n) is 19.2. The number of nitrogens with one attached hydrogen (secondary N) is 2. The van der Waals surface area contributed by atoms with E-state index in [4.69, 9.17) is 0 Å². The first-order valence-corrected chi connectivity index (χ1v) is 11.6. The van der Waals surface area contributed by atoms with Crippen molar-refractivity contribution in [1.29, 1.82) is 0 Å². The van der Waals surface area contributed by atoms with E-state index in [-0.39, 0.29) is 0 Å². The summed E-state index contributed by atoms with van der Waals surface area (Å²) in [6, 6.07) is 18.0. The molecule has 1 aliphatic rings. The van der Waals surface area contributed by atoms with Gasteiger partial charge in [-0.1, -0.05) is 55.5 Å². The summed E-state index contributed by atoms with van der Waals surface area (Å²) in [4.78, 5) is 11.1. The minimum absolute atomic E-state index is 0.603. The van der Waals surface area contributed by atoms with E-state index in [0.717, 1.165) is 32.1 Å². The topological polar surface area (TPSA) is 57.5 Å². The number of aliphatic imine (C=N–C) groups is 1. The molecule has 1 aromatic heterocycles. The number of hydrogen-bond acceptors (Lipinski definition) is 3. The van der Waals surface area contributed by atoms with Gasteiger partial charge in [-0.2, -0.15) is 0 Å². The molecule has 4 rings (SSSR count). The Labute approximate surface area is 191 Å². The summed E-state index contributed by atoms with van der Waals surface area (Å²) in [6.07, 6.45) is 8.21. The van der Waals surface area contributed by atoms with Crippen molar-refractivity contribution in [2.24, 2.45) is 4.99 Å². The highest BCUT2D eigenvalue weighted by molar-refractivity contribution is 5.80. The van der Waals surface area contributed by atoms with Gasteiger partial charge in [-0.15, -0.1) is 0 Å². The first-order valence-electron chi connectivity index (χ1n) is 11.6. The van der Waals surface area contributed by atoms with Crippen molar-refractivity contribution in [3.05, 3.63) is 78.4 Å². The molecule has 3 aromatic rings. The molecule has 1 aliphatic heterocycles. The number of likely N-dealkylation sites (tertiary alicyclic amines) is 1. The second-order valence-corrected chi connectivity index (χ2v) is 8.32. The number of benzene rings is 2. The third kappa shape index (κ3) is 5.56. The molecule has 1 saturated heterocycles. The van der Waals surface area contributed by atoms with Crippen LogP contribution in [-0.2, 0) is 13.1 Å². The van der Waals surface area contributed by atoms with Crippen LogP contribution in [0.25, 0.3) is 11.1 Å². The second-order valence-electron chi connectivity index (χ2n) is 8.32. The quantitative estimate of drug-likeness (QED) is 0.422. The average Bonchev–Trinajstić information content (AvgIpc) is 3.52. The molecule has 2 heterocycles. The SMILES string of the molecule is CCN1CCCC1CNC(=NC)NCc1ccccc1-c1ccc(Cn2ccnc2)cc1. The highest BCUT2D eigenvalue weighted by atomic mass is 15.2. The van der Waals surface area contributed by atoms with Crippen molar-refractivity contribution in [3.8, 4) is 11.1 Å². The van der Waals surface area contributed by atoms with E-state index in [2.05, 4.69) is 85.5 Å². The van der Waals surface area contributed by atoms with Crippen molar-refractivity contribution in [2.75, 3.05) is 26.7 Å². The molecule has 2 N–H and O–H groups in total. The molecule has 1 atom stereocenters. The molecule has 0 bridgehead atoms. The Bertz CT molecular complexity index is 993. The Morgan fingerprint density at radius 1 is 1.12 bits per heavy atom. The van der Waals surface area contributed by atoms with Gasteiger partial charge in [0, 0.05) is 45.1 Å². The lowest BCUT2D eigenvalue weighted by Crippen LogP contribution is -2.44. The molecular weight excluding hydrogens is 396 g/mol. The van der Waals surface area contributed by atoms with Gasteiger partial charge in [0.05, 0.1) is 6.33 Å². The van der Waals surface area contributed by atoms with Crippen molar-refractivity contribution >= 4 is 5.96 Å². The summed E-state index contributed by atoms with van der Waals surface area (Å²) in [5, 5.41) is 7.03. The van der Waals surface area contributed by atoms with Crippen molar-refractivity contribution in [2.45, 2.75) is 38.9 Å². The van der Waals surface area contributed by atoms with Crippen LogP contribution < -0.4 is 10.6 Å². The Morgan fingerprint density at radius 3 is 2.72 bits per heavy atom. The van der Waals surface area contributed by atoms with Crippen LogP contribution in [0.3, 0.4) is 0 Å². The fraction of sp³-hybridized carbons (Fsp3) is 0.385. The van der Waals surface area contributed by atoms with E-state index in [1.165, 1.54) is 41.6 Å². The zero-order chi connectivity index (χ0) is 22.2. The maximum Gasteiger partial charge on any atom is 0.191 e. The van der Waals surface area contributed by atoms with Gasteiger partial charge in [-0.05, 0) is 48.2 Å². The van der Waals surface area contributed by atoms with Crippen LogP contribution >= 0.6 is 0 Å². The predicted octanol–water partition coefficient (Wildman–Crippen LogP) is 3.75. The summed E-state index contributed by atoms with van der Waals surface area (Å²) in [6.45, 7) is 7.08. The van der Waals surface area contributed by atoms with Crippen LogP contribution in [0, 0.1) is 0 Å². The Morgan fingerprint density at radius 2 is 1.97 bits per heavy atom. The maximum atomic E-state index is 4.43. The van der Waals surface area contributed by atoms with Crippen LogP contribution in [0.4, 0.5) is 0 Å². The van der Waals surface area contributed by atoms with Crippen LogP contribution in [0.15, 0.2) is 72.2 Å². The molecule has 2 aromatic carbocycles. The summed E-state index contributed by atoms with van der Waals surface area (Å²) in [5.74, 6) is 0.860. The van der Waals surface area contributed by atoms with Gasteiger partial charge in [0.2, 0.25) is 0 Å². The zero-order valence-corrected chi connectivity index (χ0v) is 19.2. The van der Waals surface area contributed by atoms with E-state index in [1.54, 1.807) is 0 Å². The van der Waals surface area contributed by atoms with Gasteiger partial charge in [0.25, 0.3) is 0 Å². The normalized spacial score (nSPS) is 16.9. The molecule has 0 radical (unpaired) electrons. The molecular formula is C26H34N6. The number of guanidine groups is 1. The minimum Gasteiger partial charge on any atom is -0.355 e. The van der Waals surface area contributed by atoms with Gasteiger partial charge in [0.15, 0.2) is 5.96 Å². The summed E-state index contributed by atoms with van der Waals surface area (Å²) in [5.41, 5.74) is 5.00. The van der Waals surface area contributed by atoms with Crippen LogP contribution in [0.1, 0.15) is 30.9 Å². The van der Waals surface area contributed by atoms with Crippen LogP contribution in [0.2, 0.25) is 0 Å². The number of aromatic nitrogens is 2. The lowest BCUT2D eigenvalue weighted by Gasteiger charge is -2.24. The minimum atomic E-state index is 0.603. The third-order valence-corrected chi connectivity index (χ3v) is 6.29. The van der Waals surface area contributed by atoms with E-state index >= 15 is 0 Å². The largest absolute Gasteiger partial charge is 0.355 e. The molecule has 6 nitrogen and oxygen atoms in total. The lowest BCUT2D eigenvalue weighted by atomic mass is 9.98. The summed E-state index contributed by atoms with van der Waals surface area (Å²) >= 11 is 0. The van der Waals surface area contributed by atoms with Gasteiger partial charge in [0.1, 0.15) is 0 Å². The molecule has 1 unspecified atom stereocenters. The summed E-state index contributed by atoms with van der Waals surface area (Å²) in [7, 11) is 1.84. The van der Waals surface area contributed by atoms with Gasteiger partial charge in [-0.3, -0.25) is 9.89 Å². The van der Waals surface area contributed by atoms with Crippen LogP contribution in [-0.4, -0.2) is 53.1 Å². The first-order chi connectivity index (χ1) is 15.8. The number of nitrogens with zero attached hydrogens (tertiary/aromatic N) is 4. The lowest BCUT2D eigenvalue weighted by molar-refractivity contribution is 0.267. The van der Waals surface area contributed by atoms with Gasteiger partial charge < -0.3 is 15.2 Å². The molecule has 6 heteroatoms. The van der Waals surface area contributed by atoms with Crippen molar-refractivity contribution in [3.63, 3.8) is 0 Å². The number of imidazole rings is 1. The monoisotopic (exact) mass is 430 g/mol. The number of likely N-dealkylation sites (N-methyl/N-ethyl adjacent to an activating group) is 1. The maximum absolute atomic E-state index is 4.43. The Kier molecular flexibility index (Phi) is 7.56. The average molecular weight is 431 g/mol.